The molecule has 1 aliphatic carbocycles. The maximum Gasteiger partial charge on any atom is 0.147 e. The van der Waals surface area contributed by atoms with Crippen LogP contribution in [-0.2, 0) is 0 Å². The number of likely N-dealkylation sites (N-methyl/N-ethyl adjacent to an activating group) is 1. The van der Waals surface area contributed by atoms with E-state index in [-0.39, 0.29) is 0 Å². The second-order valence-corrected chi connectivity index (χ2v) is 2.41. The third-order valence-corrected chi connectivity index (χ3v) is 1.35. The highest BCUT2D eigenvalue weighted by Crippen LogP contribution is 2.07. The lowest BCUT2D eigenvalue weighted by atomic mass is 10.1. The van der Waals surface area contributed by atoms with Gasteiger partial charge in [-0.1, -0.05) is 0 Å². The van der Waals surface area contributed by atoms with E-state index in [0.717, 1.165) is 5.70 Å². The summed E-state index contributed by atoms with van der Waals surface area (Å²) in [6.45, 7) is 0. The Balaban J connectivity index is 2.76. The standard InChI is InChI=1S/C8H10N2/c1-10(2)8-5-3-4-7(9)6-8/h3-6H,1-2H3. The van der Waals surface area contributed by atoms with E-state index >= 15 is 0 Å². The number of allylic oxidation sites excluding steroid dienone is 3. The van der Waals surface area contributed by atoms with Crippen LogP contribution in [0.1, 0.15) is 0 Å². The van der Waals surface area contributed by atoms with Crippen molar-refractivity contribution in [2.45, 2.75) is 0 Å². The minimum atomic E-state index is 0.311. The van der Waals surface area contributed by atoms with Crippen LogP contribution in [0, 0.1) is 6.42 Å². The maximum absolute atomic E-state index is 9.04. The lowest BCUT2D eigenvalue weighted by Crippen LogP contribution is -2.12. The third-order valence-electron chi connectivity index (χ3n) is 1.35. The number of hydrogen-bond donors (Lipinski definition) is 0. The van der Waals surface area contributed by atoms with Gasteiger partial charge in [-0.05, 0) is 5.71 Å². The van der Waals surface area contributed by atoms with Crippen LogP contribution in [0.2, 0.25) is 0 Å². The predicted octanol–water partition coefficient (Wildman–Crippen LogP) is 1.22. The molecule has 1 rings (SSSR count). The van der Waals surface area contributed by atoms with Gasteiger partial charge in [-0.25, -0.2) is 0 Å². The Labute approximate surface area is 61.4 Å². The fourth-order valence-corrected chi connectivity index (χ4v) is 0.771. The van der Waals surface area contributed by atoms with Gasteiger partial charge in [0.15, 0.2) is 0 Å². The van der Waals surface area contributed by atoms with Gasteiger partial charge in [-0.15, -0.1) is 0 Å². The highest BCUT2D eigenvalue weighted by molar-refractivity contribution is 6.07. The molecule has 0 saturated heterocycles. The Morgan fingerprint density at radius 1 is 1.50 bits per heavy atom. The van der Waals surface area contributed by atoms with Crippen LogP contribution in [0.15, 0.2) is 23.9 Å². The Kier molecular flexibility index (Phi) is 1.81. The monoisotopic (exact) mass is 134 g/mol. The van der Waals surface area contributed by atoms with Gasteiger partial charge in [-0.2, -0.15) is 0 Å². The summed E-state index contributed by atoms with van der Waals surface area (Å²) in [5.41, 5.74) is 1.33. The molecule has 2 nitrogen and oxygen atoms in total. The van der Waals surface area contributed by atoms with Gasteiger partial charge < -0.3 is 10.3 Å². The van der Waals surface area contributed by atoms with Crippen molar-refractivity contribution in [2.24, 2.45) is 0 Å². The zero-order valence-corrected chi connectivity index (χ0v) is 6.20. The molecule has 0 amide bonds. The summed E-state index contributed by atoms with van der Waals surface area (Å²) in [7, 11) is 3.88. The quantitative estimate of drug-likeness (QED) is 0.495. The van der Waals surface area contributed by atoms with Gasteiger partial charge in [-0.3, -0.25) is 0 Å². The largest absolute Gasteiger partial charge is 0.779 e. The Bertz CT molecular complexity index is 199. The first-order valence-corrected chi connectivity index (χ1v) is 3.16. The average molecular weight is 134 g/mol. The Morgan fingerprint density at radius 2 is 2.20 bits per heavy atom. The molecule has 1 aliphatic rings. The van der Waals surface area contributed by atoms with E-state index in [4.69, 9.17) is 5.41 Å². The molecule has 10 heavy (non-hydrogen) atoms. The summed E-state index contributed by atoms with van der Waals surface area (Å²) in [5.74, 6) is 0. The summed E-state index contributed by atoms with van der Waals surface area (Å²) in [6, 6.07) is 0. The molecule has 52 valence electrons. The van der Waals surface area contributed by atoms with Crippen molar-refractivity contribution < 1.29 is 0 Å². The number of hydrogen-bond acceptors (Lipinski definition) is 1. The summed E-state index contributed by atoms with van der Waals surface area (Å²) in [5, 5.41) is 9.04. The van der Waals surface area contributed by atoms with Gasteiger partial charge in [0, 0.05) is 32.7 Å². The maximum atomic E-state index is 9.04. The molecule has 0 bridgehead atoms. The van der Waals surface area contributed by atoms with E-state index in [1.165, 1.54) is 0 Å². The molecule has 0 unspecified atom stereocenters. The second-order valence-electron chi connectivity index (χ2n) is 2.41. The number of nitrogens with zero attached hydrogens (tertiary/aromatic N) is 2. The van der Waals surface area contributed by atoms with Crippen LogP contribution >= 0.6 is 0 Å². The summed E-state index contributed by atoms with van der Waals surface area (Å²) in [4.78, 5) is 1.94. The van der Waals surface area contributed by atoms with E-state index in [1.54, 1.807) is 12.5 Å². The minimum absolute atomic E-state index is 0.311. The van der Waals surface area contributed by atoms with Gasteiger partial charge >= 0.3 is 0 Å². The van der Waals surface area contributed by atoms with Gasteiger partial charge in [0.05, 0.1) is 6.08 Å². The molecule has 0 aromatic heterocycles. The fraction of sp³-hybridized carbons (Fsp3) is 0.250. The lowest BCUT2D eigenvalue weighted by Gasteiger charge is -2.12. The predicted molar refractivity (Wildman–Crippen MR) is 43.6 cm³/mol. The molecule has 0 atom stereocenters. The molecular weight excluding hydrogens is 124 g/mol. The van der Waals surface area contributed by atoms with Gasteiger partial charge in [0.25, 0.3) is 0 Å². The Hall–Kier alpha value is -1.18. The van der Waals surface area contributed by atoms with Crippen LogP contribution in [-0.4, -0.2) is 24.7 Å². The normalized spacial score (nSPS) is 16.2. The van der Waals surface area contributed by atoms with Crippen molar-refractivity contribution in [1.82, 2.24) is 4.90 Å². The van der Waals surface area contributed by atoms with Gasteiger partial charge in [0.1, 0.15) is 5.70 Å². The highest BCUT2D eigenvalue weighted by Gasteiger charge is 2.05. The summed E-state index contributed by atoms with van der Waals surface area (Å²) in [6.07, 6.45) is 7.15. The molecule has 0 spiro atoms. The molecule has 0 radical (unpaired) electrons. The average Bonchev–Trinajstić information content (AvgIpc) is 1.88. The topological polar surface area (TPSA) is 25.5 Å². The summed E-state index contributed by atoms with van der Waals surface area (Å²) >= 11 is 0. The molecule has 2 heteroatoms. The smallest absolute Gasteiger partial charge is 0.147 e. The molecule has 0 aromatic carbocycles. The molecule has 0 aromatic rings. The first kappa shape index (κ1) is 6.93. The fourth-order valence-electron chi connectivity index (χ4n) is 0.771. The molecular formula is C8H10N2. The highest BCUT2D eigenvalue weighted by atomic mass is 15.1. The first-order chi connectivity index (χ1) is 4.70. The van der Waals surface area contributed by atoms with Crippen molar-refractivity contribution in [1.29, 1.82) is 0 Å². The van der Waals surface area contributed by atoms with E-state index in [9.17, 15) is 0 Å². The zero-order valence-electron chi connectivity index (χ0n) is 6.20. The van der Waals surface area contributed by atoms with E-state index in [0.29, 0.717) is 5.71 Å². The minimum Gasteiger partial charge on any atom is -0.779 e. The van der Waals surface area contributed by atoms with Crippen LogP contribution < -0.4 is 0 Å². The van der Waals surface area contributed by atoms with Gasteiger partial charge in [0.2, 0.25) is 0 Å². The molecule has 0 saturated carbocycles. The van der Waals surface area contributed by atoms with Crippen molar-refractivity contribution >= 4 is 5.71 Å². The molecule has 0 fully saturated rings. The van der Waals surface area contributed by atoms with Crippen molar-refractivity contribution in [2.75, 3.05) is 14.1 Å². The van der Waals surface area contributed by atoms with E-state index in [2.05, 4.69) is 0 Å². The first-order valence-electron chi connectivity index (χ1n) is 3.16. The molecule has 0 heterocycles. The van der Waals surface area contributed by atoms with Crippen LogP contribution in [0.5, 0.6) is 0 Å². The van der Waals surface area contributed by atoms with Crippen LogP contribution in [0.4, 0.5) is 0 Å². The molecule has 0 N–H and O–H groups in total. The van der Waals surface area contributed by atoms with Crippen LogP contribution in [0.3, 0.4) is 0 Å². The Morgan fingerprint density at radius 3 is 2.60 bits per heavy atom. The van der Waals surface area contributed by atoms with E-state index in [1.807, 2.05) is 31.1 Å². The van der Waals surface area contributed by atoms with Crippen LogP contribution in [0.25, 0.3) is 5.41 Å². The van der Waals surface area contributed by atoms with Crippen molar-refractivity contribution in [3.05, 3.63) is 35.8 Å². The second kappa shape index (κ2) is 2.60. The summed E-state index contributed by atoms with van der Waals surface area (Å²) < 4.78 is 0. The molecule has 0 aliphatic heterocycles. The SMILES string of the molecule is CN(C)C1=CC(=[N-])[CH+]C=C1. The van der Waals surface area contributed by atoms with Crippen molar-refractivity contribution in [3.63, 3.8) is 0 Å². The van der Waals surface area contributed by atoms with E-state index < -0.39 is 0 Å². The third kappa shape index (κ3) is 1.41. The zero-order chi connectivity index (χ0) is 7.56. The van der Waals surface area contributed by atoms with Crippen molar-refractivity contribution in [3.8, 4) is 0 Å². The lowest BCUT2D eigenvalue weighted by molar-refractivity contribution is 0.530. The number of rotatable bonds is 1.